The van der Waals surface area contributed by atoms with Crippen molar-refractivity contribution in [3.8, 4) is 0 Å². The normalized spacial score (nSPS) is 15.0. The molecule has 0 radical (unpaired) electrons. The van der Waals surface area contributed by atoms with Gasteiger partial charge in [0.1, 0.15) is 5.82 Å². The van der Waals surface area contributed by atoms with Crippen LogP contribution >= 0.6 is 0 Å². The molecule has 1 N–H and O–H groups in total. The van der Waals surface area contributed by atoms with Crippen molar-refractivity contribution in [2.24, 2.45) is 0 Å². The molecule has 1 saturated heterocycles. The minimum Gasteiger partial charge on any atom is -0.332 e. The number of anilines is 1. The summed E-state index contributed by atoms with van der Waals surface area (Å²) < 4.78 is 13.6. The Labute approximate surface area is 146 Å². The van der Waals surface area contributed by atoms with E-state index in [1.165, 1.54) is 28.7 Å². The topological polar surface area (TPSA) is 52.7 Å². The number of nitrogens with zero attached hydrogens (tertiary/aromatic N) is 2. The first kappa shape index (κ1) is 17.1. The van der Waals surface area contributed by atoms with Gasteiger partial charge in [0.05, 0.1) is 5.69 Å². The second kappa shape index (κ2) is 7.90. The summed E-state index contributed by atoms with van der Waals surface area (Å²) in [7, 11) is 0. The second-order valence-corrected chi connectivity index (χ2v) is 5.99. The van der Waals surface area contributed by atoms with Crippen LogP contribution in [-0.4, -0.2) is 47.8 Å². The van der Waals surface area contributed by atoms with Crippen molar-refractivity contribution in [2.75, 3.05) is 31.5 Å². The Kier molecular flexibility index (Phi) is 5.40. The molecule has 130 valence electrons. The molecule has 6 heteroatoms. The van der Waals surface area contributed by atoms with E-state index < -0.39 is 17.6 Å². The van der Waals surface area contributed by atoms with Gasteiger partial charge in [0, 0.05) is 32.7 Å². The Morgan fingerprint density at radius 2 is 1.56 bits per heavy atom. The monoisotopic (exact) mass is 341 g/mol. The fourth-order valence-corrected chi connectivity index (χ4v) is 2.83. The summed E-state index contributed by atoms with van der Waals surface area (Å²) in [6, 6.07) is 15.9. The van der Waals surface area contributed by atoms with Gasteiger partial charge < -0.3 is 10.2 Å². The molecule has 0 unspecified atom stereocenters. The number of hydrogen-bond donors (Lipinski definition) is 1. The molecule has 0 saturated carbocycles. The predicted octanol–water partition coefficient (Wildman–Crippen LogP) is 2.11. The smallest absolute Gasteiger partial charge is 0.313 e. The van der Waals surface area contributed by atoms with Crippen molar-refractivity contribution in [1.29, 1.82) is 0 Å². The number of nitrogens with one attached hydrogen (secondary N) is 1. The summed E-state index contributed by atoms with van der Waals surface area (Å²) in [4.78, 5) is 28.1. The van der Waals surface area contributed by atoms with E-state index in [0.29, 0.717) is 26.2 Å². The van der Waals surface area contributed by atoms with Crippen LogP contribution in [0.15, 0.2) is 54.6 Å². The zero-order valence-electron chi connectivity index (χ0n) is 13.8. The van der Waals surface area contributed by atoms with Crippen molar-refractivity contribution >= 4 is 17.5 Å². The largest absolute Gasteiger partial charge is 0.332 e. The first-order valence-corrected chi connectivity index (χ1v) is 8.24. The van der Waals surface area contributed by atoms with Gasteiger partial charge in [-0.3, -0.25) is 14.5 Å². The number of carbonyl (C=O) groups is 2. The lowest BCUT2D eigenvalue weighted by atomic mass is 10.2. The Morgan fingerprint density at radius 3 is 2.24 bits per heavy atom. The number of rotatable bonds is 3. The van der Waals surface area contributed by atoms with E-state index in [1.54, 1.807) is 6.07 Å². The minimum absolute atomic E-state index is 0.0172. The van der Waals surface area contributed by atoms with Gasteiger partial charge in [-0.05, 0) is 17.7 Å². The number of benzene rings is 2. The summed E-state index contributed by atoms with van der Waals surface area (Å²) in [5.74, 6) is -1.99. The maximum absolute atomic E-state index is 13.6. The molecular weight excluding hydrogens is 321 g/mol. The molecule has 1 aliphatic rings. The third-order valence-electron chi connectivity index (χ3n) is 4.22. The van der Waals surface area contributed by atoms with Crippen molar-refractivity contribution < 1.29 is 14.0 Å². The van der Waals surface area contributed by atoms with Crippen LogP contribution in [0.5, 0.6) is 0 Å². The van der Waals surface area contributed by atoms with Crippen LogP contribution < -0.4 is 5.32 Å². The van der Waals surface area contributed by atoms with E-state index in [9.17, 15) is 14.0 Å². The molecule has 1 fully saturated rings. The van der Waals surface area contributed by atoms with E-state index in [2.05, 4.69) is 22.3 Å². The van der Waals surface area contributed by atoms with Crippen molar-refractivity contribution in [1.82, 2.24) is 9.80 Å². The molecule has 0 aliphatic carbocycles. The molecule has 2 aromatic rings. The average Bonchev–Trinajstić information content (AvgIpc) is 2.64. The van der Waals surface area contributed by atoms with E-state index >= 15 is 0 Å². The molecule has 0 bridgehead atoms. The maximum atomic E-state index is 13.6. The van der Waals surface area contributed by atoms with Crippen LogP contribution in [-0.2, 0) is 16.1 Å². The number of carbonyl (C=O) groups excluding carboxylic acids is 2. The van der Waals surface area contributed by atoms with Crippen LogP contribution in [0.4, 0.5) is 10.1 Å². The first-order valence-electron chi connectivity index (χ1n) is 8.24. The van der Waals surface area contributed by atoms with Crippen molar-refractivity contribution in [3.63, 3.8) is 0 Å². The van der Waals surface area contributed by atoms with Gasteiger partial charge >= 0.3 is 11.8 Å². The Hall–Kier alpha value is -2.73. The molecule has 2 amide bonds. The van der Waals surface area contributed by atoms with Crippen LogP contribution in [0.25, 0.3) is 0 Å². The van der Waals surface area contributed by atoms with E-state index in [1.807, 2.05) is 18.2 Å². The molecule has 1 heterocycles. The first-order chi connectivity index (χ1) is 12.1. The minimum atomic E-state index is -0.804. The van der Waals surface area contributed by atoms with Gasteiger partial charge in [0.2, 0.25) is 0 Å². The van der Waals surface area contributed by atoms with Gasteiger partial charge in [-0.25, -0.2) is 4.39 Å². The molecule has 5 nitrogen and oxygen atoms in total. The number of halogens is 1. The lowest BCUT2D eigenvalue weighted by Crippen LogP contribution is -2.51. The summed E-state index contributed by atoms with van der Waals surface area (Å²) in [6.07, 6.45) is 0. The van der Waals surface area contributed by atoms with Crippen LogP contribution in [0, 0.1) is 5.82 Å². The van der Waals surface area contributed by atoms with Crippen molar-refractivity contribution in [3.05, 3.63) is 66.0 Å². The van der Waals surface area contributed by atoms with Gasteiger partial charge in [0.15, 0.2) is 0 Å². The lowest BCUT2D eigenvalue weighted by molar-refractivity contribution is -0.144. The van der Waals surface area contributed by atoms with Gasteiger partial charge in [-0.1, -0.05) is 42.5 Å². The third kappa shape index (κ3) is 4.42. The van der Waals surface area contributed by atoms with Crippen molar-refractivity contribution in [2.45, 2.75) is 6.54 Å². The lowest BCUT2D eigenvalue weighted by Gasteiger charge is -2.34. The zero-order valence-corrected chi connectivity index (χ0v) is 13.8. The molecular formula is C19H20FN3O2. The highest BCUT2D eigenvalue weighted by atomic mass is 19.1. The molecule has 0 aromatic heterocycles. The van der Waals surface area contributed by atoms with E-state index in [-0.39, 0.29) is 5.69 Å². The Balaban J connectivity index is 1.51. The van der Waals surface area contributed by atoms with Crippen LogP contribution in [0.2, 0.25) is 0 Å². The highest BCUT2D eigenvalue weighted by Crippen LogP contribution is 2.13. The fraction of sp³-hybridized carbons (Fsp3) is 0.263. The molecule has 3 rings (SSSR count). The summed E-state index contributed by atoms with van der Waals surface area (Å²) >= 11 is 0. The van der Waals surface area contributed by atoms with Crippen LogP contribution in [0.3, 0.4) is 0 Å². The SMILES string of the molecule is O=C(Nc1ccccc1F)C(=O)N1CCN(Cc2ccccc2)CC1. The highest BCUT2D eigenvalue weighted by Gasteiger charge is 2.26. The van der Waals surface area contributed by atoms with E-state index in [4.69, 9.17) is 0 Å². The average molecular weight is 341 g/mol. The molecule has 0 atom stereocenters. The summed E-state index contributed by atoms with van der Waals surface area (Å²) in [6.45, 7) is 3.19. The maximum Gasteiger partial charge on any atom is 0.313 e. The summed E-state index contributed by atoms with van der Waals surface area (Å²) in [5, 5.41) is 2.34. The second-order valence-electron chi connectivity index (χ2n) is 5.99. The molecule has 0 spiro atoms. The number of piperazine rings is 1. The van der Waals surface area contributed by atoms with Gasteiger partial charge in [0.25, 0.3) is 0 Å². The number of amides is 2. The molecule has 25 heavy (non-hydrogen) atoms. The predicted molar refractivity (Wildman–Crippen MR) is 93.3 cm³/mol. The van der Waals surface area contributed by atoms with Gasteiger partial charge in [-0.15, -0.1) is 0 Å². The molecule has 2 aromatic carbocycles. The number of para-hydroxylation sites is 1. The van der Waals surface area contributed by atoms with E-state index in [0.717, 1.165) is 6.54 Å². The standard InChI is InChI=1S/C19H20FN3O2/c20-16-8-4-5-9-17(16)21-18(24)19(25)23-12-10-22(11-13-23)14-15-6-2-1-3-7-15/h1-9H,10-14H2,(H,21,24). The fourth-order valence-electron chi connectivity index (χ4n) is 2.83. The number of hydrogen-bond acceptors (Lipinski definition) is 3. The Bertz CT molecular complexity index is 743. The summed E-state index contributed by atoms with van der Waals surface area (Å²) in [5.41, 5.74) is 1.24. The van der Waals surface area contributed by atoms with Crippen LogP contribution in [0.1, 0.15) is 5.56 Å². The quantitative estimate of drug-likeness (QED) is 0.870. The van der Waals surface area contributed by atoms with Gasteiger partial charge in [-0.2, -0.15) is 0 Å². The third-order valence-corrected chi connectivity index (χ3v) is 4.22. The Morgan fingerprint density at radius 1 is 0.920 bits per heavy atom. The highest BCUT2D eigenvalue weighted by molar-refractivity contribution is 6.39. The molecule has 1 aliphatic heterocycles. The zero-order chi connectivity index (χ0) is 17.6.